The molecule has 1 N–H and O–H groups in total. The molecule has 0 radical (unpaired) electrons. The molecule has 1 heterocycles. The lowest BCUT2D eigenvalue weighted by molar-refractivity contribution is 0.0951. The zero-order valence-corrected chi connectivity index (χ0v) is 21.9. The summed E-state index contributed by atoms with van der Waals surface area (Å²) < 4.78 is 31.8. The molecule has 0 fully saturated rings. The summed E-state index contributed by atoms with van der Waals surface area (Å²) in [5.41, 5.74) is 4.77. The van der Waals surface area contributed by atoms with Crippen molar-refractivity contribution in [3.05, 3.63) is 95.2 Å². The van der Waals surface area contributed by atoms with Gasteiger partial charge in [0.25, 0.3) is 5.91 Å². The normalized spacial score (nSPS) is 11.7. The summed E-state index contributed by atoms with van der Waals surface area (Å²) in [6.45, 7) is 6.25. The van der Waals surface area contributed by atoms with Crippen LogP contribution < -0.4 is 10.1 Å². The fraction of sp³-hybridized carbons (Fsp3) is 0.276. The van der Waals surface area contributed by atoms with Crippen molar-refractivity contribution in [3.8, 4) is 5.75 Å². The summed E-state index contributed by atoms with van der Waals surface area (Å²) in [6, 6.07) is 22.8. The zero-order chi connectivity index (χ0) is 25.9. The van der Waals surface area contributed by atoms with E-state index in [0.717, 1.165) is 39.9 Å². The van der Waals surface area contributed by atoms with Crippen molar-refractivity contribution in [1.29, 1.82) is 0 Å². The van der Waals surface area contributed by atoms with E-state index in [1.54, 1.807) is 38.3 Å². The third kappa shape index (κ3) is 5.31. The number of fused-ring (bicyclic) bond motifs is 1. The van der Waals surface area contributed by atoms with Crippen molar-refractivity contribution in [3.63, 3.8) is 0 Å². The van der Waals surface area contributed by atoms with E-state index in [0.29, 0.717) is 17.0 Å². The number of aromatic nitrogens is 1. The van der Waals surface area contributed by atoms with Gasteiger partial charge in [0.05, 0.1) is 17.8 Å². The maximum absolute atomic E-state index is 12.9. The minimum atomic E-state index is -3.24. The van der Waals surface area contributed by atoms with E-state index in [1.807, 2.05) is 36.4 Å². The number of rotatable bonds is 9. The molecule has 3 aromatic carbocycles. The van der Waals surface area contributed by atoms with E-state index in [4.69, 9.17) is 4.74 Å². The van der Waals surface area contributed by atoms with Crippen molar-refractivity contribution in [2.75, 3.05) is 12.9 Å². The molecule has 0 atom stereocenters. The first-order valence-electron chi connectivity index (χ1n) is 12.1. The van der Waals surface area contributed by atoms with Gasteiger partial charge in [-0.2, -0.15) is 0 Å². The van der Waals surface area contributed by atoms with E-state index < -0.39 is 9.84 Å². The number of hydrogen-bond acceptors (Lipinski definition) is 4. The highest BCUT2D eigenvalue weighted by Crippen LogP contribution is 2.29. The van der Waals surface area contributed by atoms with Gasteiger partial charge in [-0.3, -0.25) is 4.79 Å². The molecule has 188 valence electrons. The molecule has 6 nitrogen and oxygen atoms in total. The molecule has 0 aliphatic heterocycles. The maximum atomic E-state index is 12.9. The van der Waals surface area contributed by atoms with Crippen LogP contribution in [0.5, 0.6) is 5.75 Å². The summed E-state index contributed by atoms with van der Waals surface area (Å²) in [6.07, 6.45) is 0.724. The second kappa shape index (κ2) is 10.6. The molecule has 0 saturated heterocycles. The van der Waals surface area contributed by atoms with E-state index in [2.05, 4.69) is 35.9 Å². The first-order valence-corrected chi connectivity index (χ1v) is 13.7. The van der Waals surface area contributed by atoms with Gasteiger partial charge in [-0.25, -0.2) is 8.42 Å². The van der Waals surface area contributed by atoms with Gasteiger partial charge in [-0.05, 0) is 67.4 Å². The Morgan fingerprint density at radius 1 is 1.00 bits per heavy atom. The van der Waals surface area contributed by atoms with Crippen LogP contribution in [0.2, 0.25) is 0 Å². The predicted molar refractivity (Wildman–Crippen MR) is 143 cm³/mol. The molecule has 4 rings (SSSR count). The fourth-order valence-corrected chi connectivity index (χ4v) is 5.37. The molecule has 7 heteroatoms. The van der Waals surface area contributed by atoms with E-state index >= 15 is 0 Å². The number of nitrogens with one attached hydrogen (secondary N) is 1. The average Bonchev–Trinajstić information content (AvgIpc) is 3.25. The quantitative estimate of drug-likeness (QED) is 0.324. The summed E-state index contributed by atoms with van der Waals surface area (Å²) in [5.74, 6) is 0.745. The molecular weight excluding hydrogens is 472 g/mol. The smallest absolute Gasteiger partial charge is 0.251 e. The highest BCUT2D eigenvalue weighted by Gasteiger charge is 2.16. The van der Waals surface area contributed by atoms with E-state index in [1.165, 1.54) is 0 Å². The van der Waals surface area contributed by atoms with Crippen LogP contribution in [-0.4, -0.2) is 31.8 Å². The summed E-state index contributed by atoms with van der Waals surface area (Å²) in [5, 5.41) is 3.95. The van der Waals surface area contributed by atoms with Crippen molar-refractivity contribution < 1.29 is 17.9 Å². The standard InChI is InChI=1S/C29H32N2O4S/c1-5-36(33,34)26-13-10-21(11-14-26)19-30-29(32)23-12-15-27-24(16-23)18-25(31(27)20(2)3)17-22-8-6-7-9-28(22)35-4/h6-16,18,20H,5,17,19H2,1-4H3,(H,30,32). The maximum Gasteiger partial charge on any atom is 0.251 e. The van der Waals surface area contributed by atoms with Gasteiger partial charge in [0.15, 0.2) is 9.84 Å². The van der Waals surface area contributed by atoms with Crippen LogP contribution in [0.3, 0.4) is 0 Å². The SMILES string of the molecule is CCS(=O)(=O)c1ccc(CNC(=O)c2ccc3c(c2)cc(Cc2ccccc2OC)n3C(C)C)cc1. The number of benzene rings is 3. The van der Waals surface area contributed by atoms with E-state index in [-0.39, 0.29) is 17.7 Å². The van der Waals surface area contributed by atoms with Crippen molar-refractivity contribution in [2.24, 2.45) is 0 Å². The minimum absolute atomic E-state index is 0.0602. The van der Waals surface area contributed by atoms with Crippen LogP contribution in [0, 0.1) is 0 Å². The Morgan fingerprint density at radius 2 is 1.72 bits per heavy atom. The molecule has 0 aliphatic carbocycles. The Hall–Kier alpha value is -3.58. The number of hydrogen-bond donors (Lipinski definition) is 1. The van der Waals surface area contributed by atoms with Gasteiger partial charge >= 0.3 is 0 Å². The number of methoxy groups -OCH3 is 1. The van der Waals surface area contributed by atoms with Gasteiger partial charge < -0.3 is 14.6 Å². The number of para-hydroxylation sites is 1. The van der Waals surface area contributed by atoms with Crippen LogP contribution in [0.25, 0.3) is 10.9 Å². The van der Waals surface area contributed by atoms with Gasteiger partial charge in [-0.1, -0.05) is 37.3 Å². The van der Waals surface area contributed by atoms with Crippen molar-refractivity contribution in [1.82, 2.24) is 9.88 Å². The van der Waals surface area contributed by atoms with Crippen molar-refractivity contribution >= 4 is 26.6 Å². The summed E-state index contributed by atoms with van der Waals surface area (Å²) in [4.78, 5) is 13.2. The third-order valence-electron chi connectivity index (χ3n) is 6.38. The third-order valence-corrected chi connectivity index (χ3v) is 8.13. The fourth-order valence-electron chi connectivity index (χ4n) is 4.49. The molecule has 0 aliphatic rings. The number of ether oxygens (including phenoxy) is 1. The van der Waals surface area contributed by atoms with Crippen LogP contribution in [0.1, 0.15) is 54.0 Å². The lowest BCUT2D eigenvalue weighted by Gasteiger charge is -2.16. The van der Waals surface area contributed by atoms with Crippen LogP contribution in [0.15, 0.2) is 77.7 Å². The Morgan fingerprint density at radius 3 is 2.39 bits per heavy atom. The Labute approximate surface area is 212 Å². The summed E-state index contributed by atoms with van der Waals surface area (Å²) >= 11 is 0. The number of sulfone groups is 1. The summed E-state index contributed by atoms with van der Waals surface area (Å²) in [7, 11) is -1.55. The highest BCUT2D eigenvalue weighted by molar-refractivity contribution is 7.91. The second-order valence-electron chi connectivity index (χ2n) is 9.09. The average molecular weight is 505 g/mol. The topological polar surface area (TPSA) is 77.4 Å². The van der Waals surface area contributed by atoms with Gasteiger partial charge in [0.1, 0.15) is 5.75 Å². The Bertz CT molecular complexity index is 1490. The monoisotopic (exact) mass is 504 g/mol. The number of carbonyl (C=O) groups is 1. The first-order chi connectivity index (χ1) is 17.2. The molecule has 0 saturated carbocycles. The Balaban J connectivity index is 1.54. The molecule has 0 spiro atoms. The van der Waals surface area contributed by atoms with E-state index in [9.17, 15) is 13.2 Å². The number of carbonyl (C=O) groups excluding carboxylic acids is 1. The zero-order valence-electron chi connectivity index (χ0n) is 21.1. The molecule has 1 amide bonds. The Kier molecular flexibility index (Phi) is 7.50. The second-order valence-corrected chi connectivity index (χ2v) is 11.4. The van der Waals surface area contributed by atoms with Gasteiger partial charge in [-0.15, -0.1) is 0 Å². The van der Waals surface area contributed by atoms with Crippen LogP contribution in [-0.2, 0) is 22.8 Å². The molecule has 4 aromatic rings. The lowest BCUT2D eigenvalue weighted by atomic mass is 10.1. The first kappa shape index (κ1) is 25.5. The molecule has 36 heavy (non-hydrogen) atoms. The molecular formula is C29H32N2O4S. The highest BCUT2D eigenvalue weighted by atomic mass is 32.2. The number of nitrogens with zero attached hydrogens (tertiary/aromatic N) is 1. The van der Waals surface area contributed by atoms with Crippen LogP contribution in [0.4, 0.5) is 0 Å². The largest absolute Gasteiger partial charge is 0.496 e. The molecule has 1 aromatic heterocycles. The van der Waals surface area contributed by atoms with Crippen molar-refractivity contribution in [2.45, 2.75) is 44.7 Å². The molecule has 0 unspecified atom stereocenters. The predicted octanol–water partition coefficient (Wildman–Crippen LogP) is 5.55. The molecule has 0 bridgehead atoms. The van der Waals surface area contributed by atoms with Gasteiger partial charge in [0, 0.05) is 41.2 Å². The minimum Gasteiger partial charge on any atom is -0.496 e. The number of amides is 1. The van der Waals surface area contributed by atoms with Crippen LogP contribution >= 0.6 is 0 Å². The lowest BCUT2D eigenvalue weighted by Crippen LogP contribution is -2.22. The van der Waals surface area contributed by atoms with Gasteiger partial charge in [0.2, 0.25) is 0 Å².